The Bertz CT molecular complexity index is 1130. The molecule has 0 radical (unpaired) electrons. The Kier molecular flexibility index (Phi) is 11.6. The molecule has 0 saturated carbocycles. The van der Waals surface area contributed by atoms with Crippen LogP contribution in [0.25, 0.3) is 0 Å². The summed E-state index contributed by atoms with van der Waals surface area (Å²) in [6.45, 7) is 3.89. The highest BCUT2D eigenvalue weighted by Gasteiger charge is 2.32. The van der Waals surface area contributed by atoms with Crippen molar-refractivity contribution in [2.24, 2.45) is 0 Å². The van der Waals surface area contributed by atoms with Crippen LogP contribution in [0.1, 0.15) is 38.7 Å². The zero-order valence-electron chi connectivity index (χ0n) is 19.9. The first kappa shape index (κ1) is 29.7. The summed E-state index contributed by atoms with van der Waals surface area (Å²) >= 11 is 14.5. The zero-order chi connectivity index (χ0) is 26.2. The van der Waals surface area contributed by atoms with E-state index in [1.807, 2.05) is 6.92 Å². The zero-order valence-corrected chi connectivity index (χ0v) is 24.4. The Morgan fingerprint density at radius 3 is 2.29 bits per heavy atom. The Labute approximate surface area is 231 Å². The highest BCUT2D eigenvalue weighted by molar-refractivity contribution is 14.1. The molecule has 0 fully saturated rings. The molecule has 0 heterocycles. The van der Waals surface area contributed by atoms with Gasteiger partial charge in [-0.2, -0.15) is 0 Å². The fraction of sp³-hybridized carbons (Fsp3) is 0.417. The van der Waals surface area contributed by atoms with Crippen molar-refractivity contribution in [2.45, 2.75) is 45.7 Å². The molecule has 0 aromatic heterocycles. The summed E-state index contributed by atoms with van der Waals surface area (Å²) in [7, 11) is -3.78. The Balaban J connectivity index is 2.43. The number of rotatable bonds is 12. The Hall–Kier alpha value is -1.56. The maximum Gasteiger partial charge on any atom is 0.244 e. The van der Waals surface area contributed by atoms with Crippen LogP contribution >= 0.6 is 45.8 Å². The van der Waals surface area contributed by atoms with Crippen molar-refractivity contribution < 1.29 is 18.0 Å². The number of carbonyl (C=O) groups excluding carboxylic acids is 2. The number of unbranched alkanes of at least 4 members (excludes halogenated alkanes) is 1. The standard InChI is InChI=1S/C24H30Cl2IN3O4S/c1-4-6-13-28-24(32)22(5-2)29(15-17-7-8-18(25)14-21(17)26)23(31)16-30(35(3,33)34)20-11-9-19(27)10-12-20/h7-12,14,22H,4-6,13,15-16H2,1-3H3,(H,28,32)/t22-/m1/s1. The van der Waals surface area contributed by atoms with E-state index in [1.54, 1.807) is 49.4 Å². The maximum atomic E-state index is 13.6. The van der Waals surface area contributed by atoms with E-state index in [0.29, 0.717) is 34.3 Å². The van der Waals surface area contributed by atoms with Gasteiger partial charge < -0.3 is 10.2 Å². The van der Waals surface area contributed by atoms with E-state index in [2.05, 4.69) is 27.9 Å². The molecular weight excluding hydrogens is 624 g/mol. The molecule has 0 aliphatic carbocycles. The summed E-state index contributed by atoms with van der Waals surface area (Å²) in [4.78, 5) is 28.0. The van der Waals surface area contributed by atoms with Crippen molar-refractivity contribution in [3.05, 3.63) is 61.6 Å². The van der Waals surface area contributed by atoms with Crippen LogP contribution in [0.3, 0.4) is 0 Å². The van der Waals surface area contributed by atoms with Crippen LogP contribution < -0.4 is 9.62 Å². The minimum Gasteiger partial charge on any atom is -0.354 e. The van der Waals surface area contributed by atoms with Crippen molar-refractivity contribution in [1.29, 1.82) is 0 Å². The first-order valence-corrected chi connectivity index (χ1v) is 14.9. The third-order valence-electron chi connectivity index (χ3n) is 5.37. The second-order valence-electron chi connectivity index (χ2n) is 8.07. The third kappa shape index (κ3) is 8.80. The van der Waals surface area contributed by atoms with Gasteiger partial charge in [-0.25, -0.2) is 8.42 Å². The average Bonchev–Trinajstić information content (AvgIpc) is 2.78. The number of anilines is 1. The Morgan fingerprint density at radius 1 is 1.09 bits per heavy atom. The molecule has 2 aromatic rings. The molecule has 0 unspecified atom stereocenters. The number of benzene rings is 2. The van der Waals surface area contributed by atoms with E-state index in [1.165, 1.54) is 4.90 Å². The van der Waals surface area contributed by atoms with Gasteiger partial charge in [0.25, 0.3) is 0 Å². The molecule has 2 rings (SSSR count). The minimum atomic E-state index is -3.78. The number of sulfonamides is 1. The van der Waals surface area contributed by atoms with Crippen molar-refractivity contribution in [3.63, 3.8) is 0 Å². The molecule has 7 nitrogen and oxygen atoms in total. The Morgan fingerprint density at radius 2 is 1.74 bits per heavy atom. The number of halogens is 3. The smallest absolute Gasteiger partial charge is 0.244 e. The maximum absolute atomic E-state index is 13.6. The molecule has 11 heteroatoms. The van der Waals surface area contributed by atoms with Gasteiger partial charge in [-0.15, -0.1) is 0 Å². The fourth-order valence-electron chi connectivity index (χ4n) is 3.48. The first-order valence-electron chi connectivity index (χ1n) is 11.2. The average molecular weight is 654 g/mol. The van der Waals surface area contributed by atoms with E-state index >= 15 is 0 Å². The molecule has 0 bridgehead atoms. The van der Waals surface area contributed by atoms with Crippen LogP contribution in [0.15, 0.2) is 42.5 Å². The summed E-state index contributed by atoms with van der Waals surface area (Å²) in [5, 5.41) is 3.68. The topological polar surface area (TPSA) is 86.8 Å². The molecule has 192 valence electrons. The number of amides is 2. The van der Waals surface area contributed by atoms with E-state index in [-0.39, 0.29) is 12.5 Å². The number of hydrogen-bond donors (Lipinski definition) is 1. The minimum absolute atomic E-state index is 0.0266. The second-order valence-corrected chi connectivity index (χ2v) is 12.1. The molecule has 0 aliphatic heterocycles. The number of hydrogen-bond acceptors (Lipinski definition) is 4. The van der Waals surface area contributed by atoms with Gasteiger partial charge >= 0.3 is 0 Å². The second kappa shape index (κ2) is 13.7. The fourth-order valence-corrected chi connectivity index (χ4v) is 5.16. The van der Waals surface area contributed by atoms with Crippen LogP contribution in [0.4, 0.5) is 5.69 Å². The van der Waals surface area contributed by atoms with E-state index in [9.17, 15) is 18.0 Å². The van der Waals surface area contributed by atoms with Crippen LogP contribution in [0, 0.1) is 3.57 Å². The lowest BCUT2D eigenvalue weighted by atomic mass is 10.1. The van der Waals surface area contributed by atoms with Crippen molar-refractivity contribution >= 4 is 73.3 Å². The summed E-state index contributed by atoms with van der Waals surface area (Å²) < 4.78 is 27.2. The van der Waals surface area contributed by atoms with Crippen molar-refractivity contribution in [1.82, 2.24) is 10.2 Å². The molecular formula is C24H30Cl2IN3O4S. The quantitative estimate of drug-likeness (QED) is 0.256. The highest BCUT2D eigenvalue weighted by atomic mass is 127. The van der Waals surface area contributed by atoms with Gasteiger partial charge in [-0.1, -0.05) is 49.5 Å². The summed E-state index contributed by atoms with van der Waals surface area (Å²) in [6.07, 6.45) is 3.12. The largest absolute Gasteiger partial charge is 0.354 e. The number of nitrogens with zero attached hydrogens (tertiary/aromatic N) is 2. The van der Waals surface area contributed by atoms with Gasteiger partial charge in [0.2, 0.25) is 21.8 Å². The van der Waals surface area contributed by atoms with E-state index < -0.39 is 28.5 Å². The third-order valence-corrected chi connectivity index (χ3v) is 7.81. The van der Waals surface area contributed by atoms with Gasteiger partial charge in [-0.3, -0.25) is 13.9 Å². The SMILES string of the molecule is CCCCNC(=O)[C@@H](CC)N(Cc1ccc(Cl)cc1Cl)C(=O)CN(c1ccc(I)cc1)S(C)(=O)=O. The van der Waals surface area contributed by atoms with Crippen LogP contribution in [-0.2, 0) is 26.2 Å². The summed E-state index contributed by atoms with van der Waals surface area (Å²) in [5.74, 6) is -0.808. The van der Waals surface area contributed by atoms with Crippen molar-refractivity contribution in [2.75, 3.05) is 23.7 Å². The molecule has 0 saturated heterocycles. The predicted molar refractivity (Wildman–Crippen MR) is 150 cm³/mol. The highest BCUT2D eigenvalue weighted by Crippen LogP contribution is 2.25. The molecule has 1 atom stereocenters. The molecule has 0 aliphatic rings. The van der Waals surface area contributed by atoms with Gasteiger partial charge in [0, 0.05) is 26.7 Å². The predicted octanol–water partition coefficient (Wildman–Crippen LogP) is 5.09. The lowest BCUT2D eigenvalue weighted by Crippen LogP contribution is -2.52. The van der Waals surface area contributed by atoms with Gasteiger partial charge in [0.1, 0.15) is 12.6 Å². The lowest BCUT2D eigenvalue weighted by Gasteiger charge is -2.33. The lowest BCUT2D eigenvalue weighted by molar-refractivity contribution is -0.140. The van der Waals surface area contributed by atoms with Crippen LogP contribution in [-0.4, -0.2) is 50.5 Å². The molecule has 2 amide bonds. The number of nitrogens with one attached hydrogen (secondary N) is 1. The first-order chi connectivity index (χ1) is 16.5. The molecule has 35 heavy (non-hydrogen) atoms. The normalized spacial score (nSPS) is 12.2. The van der Waals surface area contributed by atoms with Crippen LogP contribution in [0.2, 0.25) is 10.0 Å². The molecule has 1 N–H and O–H groups in total. The van der Waals surface area contributed by atoms with Gasteiger partial charge in [-0.05, 0) is 77.4 Å². The summed E-state index contributed by atoms with van der Waals surface area (Å²) in [5.41, 5.74) is 0.968. The molecule has 0 spiro atoms. The van der Waals surface area contributed by atoms with Crippen LogP contribution in [0.5, 0.6) is 0 Å². The van der Waals surface area contributed by atoms with E-state index in [0.717, 1.165) is 27.0 Å². The van der Waals surface area contributed by atoms with Gasteiger partial charge in [0.05, 0.1) is 11.9 Å². The molecule has 2 aromatic carbocycles. The van der Waals surface area contributed by atoms with E-state index in [4.69, 9.17) is 23.2 Å². The van der Waals surface area contributed by atoms with Gasteiger partial charge in [0.15, 0.2) is 0 Å². The van der Waals surface area contributed by atoms with Crippen molar-refractivity contribution in [3.8, 4) is 0 Å². The summed E-state index contributed by atoms with van der Waals surface area (Å²) in [6, 6.07) is 10.9. The number of carbonyl (C=O) groups is 2. The monoisotopic (exact) mass is 653 g/mol.